The summed E-state index contributed by atoms with van der Waals surface area (Å²) in [6, 6.07) is 13.6. The first kappa shape index (κ1) is 22.8. The first-order valence-electron chi connectivity index (χ1n) is 11.4. The Hall–Kier alpha value is -2.42. The highest BCUT2D eigenvalue weighted by atomic mass is 32.2. The van der Waals surface area contributed by atoms with E-state index in [9.17, 15) is 13.2 Å². The molecular formula is C24H32N4O3S. The van der Waals surface area contributed by atoms with E-state index < -0.39 is 10.0 Å². The average molecular weight is 457 g/mol. The molecule has 32 heavy (non-hydrogen) atoms. The molecule has 2 N–H and O–H groups in total. The molecule has 1 atom stereocenters. The molecule has 8 heteroatoms. The van der Waals surface area contributed by atoms with Crippen LogP contribution >= 0.6 is 0 Å². The number of nitrogens with zero attached hydrogens (tertiary/aromatic N) is 2. The normalized spacial score (nSPS) is 20.2. The van der Waals surface area contributed by atoms with Gasteiger partial charge in [-0.05, 0) is 82.1 Å². The monoisotopic (exact) mass is 456 g/mol. The van der Waals surface area contributed by atoms with Gasteiger partial charge in [-0.15, -0.1) is 0 Å². The zero-order valence-corrected chi connectivity index (χ0v) is 19.4. The lowest BCUT2D eigenvalue weighted by Gasteiger charge is -2.32. The van der Waals surface area contributed by atoms with Gasteiger partial charge < -0.3 is 15.5 Å². The molecule has 2 aliphatic rings. The van der Waals surface area contributed by atoms with E-state index in [1.807, 2.05) is 31.2 Å². The molecule has 2 aromatic rings. The minimum absolute atomic E-state index is 0.0381. The zero-order valence-electron chi connectivity index (χ0n) is 18.6. The SMILES string of the molecule is Cc1ccc(NC(=O)Nc2ccc(S(=O)(=O)N3CCC[C@@H]3CN3CCCCC3)cc2)cc1. The number of carbonyl (C=O) groups excluding carboxylic acids is 1. The van der Waals surface area contributed by atoms with Gasteiger partial charge in [0.25, 0.3) is 0 Å². The topological polar surface area (TPSA) is 81.8 Å². The van der Waals surface area contributed by atoms with E-state index in [-0.39, 0.29) is 17.0 Å². The number of hydrogen-bond donors (Lipinski definition) is 2. The number of nitrogens with one attached hydrogen (secondary N) is 2. The summed E-state index contributed by atoms with van der Waals surface area (Å²) in [6.45, 7) is 5.50. The number of benzene rings is 2. The lowest BCUT2D eigenvalue weighted by atomic mass is 10.1. The van der Waals surface area contributed by atoms with Crippen LogP contribution in [0.1, 0.15) is 37.7 Å². The Balaban J connectivity index is 1.38. The van der Waals surface area contributed by atoms with Gasteiger partial charge in [0.2, 0.25) is 10.0 Å². The maximum atomic E-state index is 13.3. The molecular weight excluding hydrogens is 424 g/mol. The Morgan fingerprint density at radius 3 is 2.09 bits per heavy atom. The molecule has 7 nitrogen and oxygen atoms in total. The molecule has 2 saturated heterocycles. The van der Waals surface area contributed by atoms with Crippen LogP contribution in [0.3, 0.4) is 0 Å². The fourth-order valence-electron chi connectivity index (χ4n) is 4.52. The molecule has 0 aliphatic carbocycles. The van der Waals surface area contributed by atoms with Gasteiger partial charge in [-0.2, -0.15) is 4.31 Å². The molecule has 172 valence electrons. The van der Waals surface area contributed by atoms with Crippen molar-refractivity contribution in [2.24, 2.45) is 0 Å². The van der Waals surface area contributed by atoms with Gasteiger partial charge in [0, 0.05) is 30.5 Å². The Labute approximate surface area is 190 Å². The van der Waals surface area contributed by atoms with Crippen molar-refractivity contribution >= 4 is 27.4 Å². The highest BCUT2D eigenvalue weighted by molar-refractivity contribution is 7.89. The van der Waals surface area contributed by atoms with Crippen molar-refractivity contribution in [3.63, 3.8) is 0 Å². The smallest absolute Gasteiger partial charge is 0.308 e. The summed E-state index contributed by atoms with van der Waals surface area (Å²) in [5.74, 6) is 0. The van der Waals surface area contributed by atoms with E-state index >= 15 is 0 Å². The van der Waals surface area contributed by atoms with Gasteiger partial charge in [0.15, 0.2) is 0 Å². The minimum atomic E-state index is -3.56. The largest absolute Gasteiger partial charge is 0.323 e. The molecule has 2 aliphatic heterocycles. The van der Waals surface area contributed by atoms with Crippen LogP contribution in [0.15, 0.2) is 53.4 Å². The maximum Gasteiger partial charge on any atom is 0.323 e. The van der Waals surface area contributed by atoms with Crippen molar-refractivity contribution in [3.8, 4) is 0 Å². The number of carbonyl (C=O) groups is 1. The summed E-state index contributed by atoms with van der Waals surface area (Å²) in [7, 11) is -3.56. The molecule has 0 bridgehead atoms. The van der Waals surface area contributed by atoms with Crippen molar-refractivity contribution in [3.05, 3.63) is 54.1 Å². The third-order valence-electron chi connectivity index (χ3n) is 6.27. The van der Waals surface area contributed by atoms with Crippen molar-refractivity contribution in [2.45, 2.75) is 50.0 Å². The highest BCUT2D eigenvalue weighted by Gasteiger charge is 2.36. The second-order valence-corrected chi connectivity index (χ2v) is 10.6. The van der Waals surface area contributed by atoms with E-state index in [4.69, 9.17) is 0 Å². The Kier molecular flexibility index (Phi) is 7.13. The van der Waals surface area contributed by atoms with Crippen LogP contribution in [-0.2, 0) is 10.0 Å². The van der Waals surface area contributed by atoms with Gasteiger partial charge in [-0.1, -0.05) is 24.1 Å². The number of amides is 2. The van der Waals surface area contributed by atoms with Crippen LogP contribution in [0, 0.1) is 6.92 Å². The number of likely N-dealkylation sites (tertiary alicyclic amines) is 1. The first-order chi connectivity index (χ1) is 15.4. The van der Waals surface area contributed by atoms with E-state index in [0.29, 0.717) is 17.9 Å². The molecule has 2 aromatic carbocycles. The number of hydrogen-bond acceptors (Lipinski definition) is 4. The summed E-state index contributed by atoms with van der Waals surface area (Å²) in [6.07, 6.45) is 5.48. The maximum absolute atomic E-state index is 13.3. The molecule has 0 saturated carbocycles. The van der Waals surface area contributed by atoms with Gasteiger partial charge >= 0.3 is 6.03 Å². The van der Waals surface area contributed by atoms with E-state index in [0.717, 1.165) is 38.0 Å². The molecule has 2 heterocycles. The number of piperidine rings is 1. The summed E-state index contributed by atoms with van der Waals surface area (Å²) < 4.78 is 28.3. The van der Waals surface area contributed by atoms with Gasteiger partial charge in [-0.25, -0.2) is 13.2 Å². The highest BCUT2D eigenvalue weighted by Crippen LogP contribution is 2.28. The molecule has 0 aromatic heterocycles. The molecule has 4 rings (SSSR count). The molecule has 0 radical (unpaired) electrons. The fourth-order valence-corrected chi connectivity index (χ4v) is 6.21. The van der Waals surface area contributed by atoms with E-state index in [1.54, 1.807) is 28.6 Å². The van der Waals surface area contributed by atoms with E-state index in [2.05, 4.69) is 15.5 Å². The summed E-state index contributed by atoms with van der Waals surface area (Å²) in [5.41, 5.74) is 2.35. The second-order valence-electron chi connectivity index (χ2n) is 8.74. The van der Waals surface area contributed by atoms with Crippen LogP contribution in [0.4, 0.5) is 16.2 Å². The third kappa shape index (κ3) is 5.49. The summed E-state index contributed by atoms with van der Waals surface area (Å²) in [5, 5.41) is 5.52. The van der Waals surface area contributed by atoms with Crippen molar-refractivity contribution in [1.82, 2.24) is 9.21 Å². The number of anilines is 2. The lowest BCUT2D eigenvalue weighted by Crippen LogP contribution is -2.44. The Morgan fingerprint density at radius 1 is 0.875 bits per heavy atom. The minimum Gasteiger partial charge on any atom is -0.308 e. The fraction of sp³-hybridized carbons (Fsp3) is 0.458. The third-order valence-corrected chi connectivity index (χ3v) is 8.24. The Morgan fingerprint density at radius 2 is 1.47 bits per heavy atom. The lowest BCUT2D eigenvalue weighted by molar-refractivity contribution is 0.189. The molecule has 2 amide bonds. The van der Waals surface area contributed by atoms with Crippen LogP contribution in [0.2, 0.25) is 0 Å². The predicted molar refractivity (Wildman–Crippen MR) is 127 cm³/mol. The summed E-state index contributed by atoms with van der Waals surface area (Å²) in [4.78, 5) is 14.9. The van der Waals surface area contributed by atoms with Crippen LogP contribution in [0.5, 0.6) is 0 Å². The predicted octanol–water partition coefficient (Wildman–Crippen LogP) is 4.28. The van der Waals surface area contributed by atoms with Gasteiger partial charge in [0.05, 0.1) is 4.90 Å². The van der Waals surface area contributed by atoms with Gasteiger partial charge in [-0.3, -0.25) is 0 Å². The quantitative estimate of drug-likeness (QED) is 0.680. The van der Waals surface area contributed by atoms with Crippen molar-refractivity contribution in [1.29, 1.82) is 0 Å². The van der Waals surface area contributed by atoms with Crippen LogP contribution in [0.25, 0.3) is 0 Å². The number of urea groups is 1. The van der Waals surface area contributed by atoms with Crippen molar-refractivity contribution < 1.29 is 13.2 Å². The number of rotatable bonds is 6. The Bertz CT molecular complexity index is 1020. The molecule has 0 unspecified atom stereocenters. The standard InChI is InChI=1S/C24H32N4O3S/c1-19-7-9-20(10-8-19)25-24(29)26-21-11-13-23(14-12-21)32(30,31)28-17-5-6-22(28)18-27-15-3-2-4-16-27/h7-14,22H,2-6,15-18H2,1H3,(H2,25,26,29)/t22-/m1/s1. The van der Waals surface area contributed by atoms with Crippen LogP contribution < -0.4 is 10.6 Å². The van der Waals surface area contributed by atoms with Gasteiger partial charge in [0.1, 0.15) is 0 Å². The molecule has 0 spiro atoms. The number of aryl methyl sites for hydroxylation is 1. The summed E-state index contributed by atoms with van der Waals surface area (Å²) >= 11 is 0. The van der Waals surface area contributed by atoms with Crippen LogP contribution in [-0.4, -0.2) is 55.9 Å². The van der Waals surface area contributed by atoms with E-state index in [1.165, 1.54) is 19.3 Å². The average Bonchev–Trinajstić information content (AvgIpc) is 3.25. The second kappa shape index (κ2) is 10.0. The van der Waals surface area contributed by atoms with Crippen molar-refractivity contribution in [2.75, 3.05) is 36.8 Å². The zero-order chi connectivity index (χ0) is 22.6. The number of sulfonamides is 1. The first-order valence-corrected chi connectivity index (χ1v) is 12.8. The molecule has 2 fully saturated rings.